The van der Waals surface area contributed by atoms with Gasteiger partial charge in [-0.15, -0.1) is 0 Å². The van der Waals surface area contributed by atoms with Gasteiger partial charge in [0.05, 0.1) is 0 Å². The van der Waals surface area contributed by atoms with E-state index in [0.717, 1.165) is 32.1 Å². The molecule has 0 aromatic carbocycles. The maximum absolute atomic E-state index is 5.53. The average Bonchev–Trinajstić information content (AvgIpc) is 2.15. The summed E-state index contributed by atoms with van der Waals surface area (Å²) in [5, 5.41) is 3.58. The Balaban J connectivity index is 3.29. The molecule has 0 heterocycles. The second-order valence-electron chi connectivity index (χ2n) is 5.04. The zero-order valence-electron chi connectivity index (χ0n) is 11.2. The van der Waals surface area contributed by atoms with Gasteiger partial charge in [-0.05, 0) is 31.2 Å². The zero-order chi connectivity index (χ0) is 11.7. The Morgan fingerprint density at radius 2 is 1.80 bits per heavy atom. The fraction of sp³-hybridized carbons (Fsp3) is 1.00. The standard InChI is InChI=1S/C13H29NO/c1-6-13(12(4)5)14-8-7-9-15-10-11(2)3/h11-14H,6-10H2,1-5H3. The largest absolute Gasteiger partial charge is 0.381 e. The lowest BCUT2D eigenvalue weighted by atomic mass is 10.0. The molecule has 0 aromatic rings. The van der Waals surface area contributed by atoms with Crippen LogP contribution in [0.25, 0.3) is 0 Å². The molecule has 0 saturated carbocycles. The van der Waals surface area contributed by atoms with Crippen LogP contribution in [0, 0.1) is 11.8 Å². The summed E-state index contributed by atoms with van der Waals surface area (Å²) in [4.78, 5) is 0. The van der Waals surface area contributed by atoms with Gasteiger partial charge in [-0.1, -0.05) is 34.6 Å². The van der Waals surface area contributed by atoms with E-state index in [0.29, 0.717) is 12.0 Å². The van der Waals surface area contributed by atoms with Crippen LogP contribution in [0.4, 0.5) is 0 Å². The molecule has 0 bridgehead atoms. The van der Waals surface area contributed by atoms with Crippen LogP contribution in [0.1, 0.15) is 47.5 Å². The number of nitrogens with one attached hydrogen (secondary N) is 1. The molecule has 1 atom stereocenters. The molecule has 15 heavy (non-hydrogen) atoms. The summed E-state index contributed by atoms with van der Waals surface area (Å²) in [5.41, 5.74) is 0. The summed E-state index contributed by atoms with van der Waals surface area (Å²) >= 11 is 0. The smallest absolute Gasteiger partial charge is 0.0489 e. The molecule has 0 rings (SSSR count). The van der Waals surface area contributed by atoms with Crippen molar-refractivity contribution in [2.45, 2.75) is 53.5 Å². The third-order valence-electron chi connectivity index (χ3n) is 2.57. The first kappa shape index (κ1) is 14.9. The van der Waals surface area contributed by atoms with Crippen molar-refractivity contribution in [1.29, 1.82) is 0 Å². The SMILES string of the molecule is CCC(NCCCOCC(C)C)C(C)C. The van der Waals surface area contributed by atoms with Gasteiger partial charge in [0.15, 0.2) is 0 Å². The van der Waals surface area contributed by atoms with Gasteiger partial charge >= 0.3 is 0 Å². The highest BCUT2D eigenvalue weighted by molar-refractivity contribution is 4.67. The van der Waals surface area contributed by atoms with Crippen molar-refractivity contribution in [2.24, 2.45) is 11.8 Å². The highest BCUT2D eigenvalue weighted by atomic mass is 16.5. The first-order chi connectivity index (χ1) is 7.07. The Morgan fingerprint density at radius 1 is 1.13 bits per heavy atom. The highest BCUT2D eigenvalue weighted by Gasteiger charge is 2.08. The summed E-state index contributed by atoms with van der Waals surface area (Å²) in [6.07, 6.45) is 2.33. The first-order valence-corrected chi connectivity index (χ1v) is 6.39. The molecule has 0 aromatic heterocycles. The first-order valence-electron chi connectivity index (χ1n) is 6.39. The van der Waals surface area contributed by atoms with Crippen LogP contribution < -0.4 is 5.32 Å². The van der Waals surface area contributed by atoms with Gasteiger partial charge < -0.3 is 10.1 Å². The second-order valence-corrected chi connectivity index (χ2v) is 5.04. The average molecular weight is 215 g/mol. The van der Waals surface area contributed by atoms with Crippen molar-refractivity contribution >= 4 is 0 Å². The van der Waals surface area contributed by atoms with E-state index in [1.54, 1.807) is 0 Å². The van der Waals surface area contributed by atoms with E-state index >= 15 is 0 Å². The number of hydrogen-bond acceptors (Lipinski definition) is 2. The lowest BCUT2D eigenvalue weighted by molar-refractivity contribution is 0.107. The molecule has 0 aliphatic heterocycles. The maximum atomic E-state index is 5.53. The van der Waals surface area contributed by atoms with E-state index in [1.807, 2.05) is 0 Å². The van der Waals surface area contributed by atoms with E-state index in [-0.39, 0.29) is 0 Å². The third-order valence-corrected chi connectivity index (χ3v) is 2.57. The van der Waals surface area contributed by atoms with Gasteiger partial charge in [-0.3, -0.25) is 0 Å². The molecular weight excluding hydrogens is 186 g/mol. The van der Waals surface area contributed by atoms with Crippen molar-refractivity contribution in [3.63, 3.8) is 0 Å². The Kier molecular flexibility index (Phi) is 9.12. The molecule has 2 nitrogen and oxygen atoms in total. The molecule has 2 heteroatoms. The van der Waals surface area contributed by atoms with E-state index in [4.69, 9.17) is 4.74 Å². The molecule has 0 fully saturated rings. The Hall–Kier alpha value is -0.0800. The molecule has 1 unspecified atom stereocenters. The van der Waals surface area contributed by atoms with Crippen LogP contribution >= 0.6 is 0 Å². The fourth-order valence-corrected chi connectivity index (χ4v) is 1.63. The minimum Gasteiger partial charge on any atom is -0.381 e. The molecule has 0 radical (unpaired) electrons. The Bertz CT molecular complexity index is 134. The van der Waals surface area contributed by atoms with Crippen molar-refractivity contribution in [2.75, 3.05) is 19.8 Å². The van der Waals surface area contributed by atoms with Crippen LogP contribution in [0.5, 0.6) is 0 Å². The predicted octanol–water partition coefficient (Wildman–Crippen LogP) is 3.07. The Morgan fingerprint density at radius 3 is 2.27 bits per heavy atom. The van der Waals surface area contributed by atoms with Crippen LogP contribution in [0.15, 0.2) is 0 Å². The summed E-state index contributed by atoms with van der Waals surface area (Å²) in [6, 6.07) is 0.662. The topological polar surface area (TPSA) is 21.3 Å². The van der Waals surface area contributed by atoms with Crippen molar-refractivity contribution in [3.05, 3.63) is 0 Å². The van der Waals surface area contributed by atoms with E-state index in [2.05, 4.69) is 39.9 Å². The number of rotatable bonds is 9. The highest BCUT2D eigenvalue weighted by Crippen LogP contribution is 2.04. The molecule has 92 valence electrons. The lowest BCUT2D eigenvalue weighted by Gasteiger charge is -2.20. The van der Waals surface area contributed by atoms with Gasteiger partial charge in [0.1, 0.15) is 0 Å². The summed E-state index contributed by atoms with van der Waals surface area (Å²) < 4.78 is 5.53. The van der Waals surface area contributed by atoms with Gasteiger partial charge in [0, 0.05) is 19.3 Å². The minimum absolute atomic E-state index is 0.650. The minimum atomic E-state index is 0.650. The fourth-order valence-electron chi connectivity index (χ4n) is 1.63. The molecule has 1 N–H and O–H groups in total. The van der Waals surface area contributed by atoms with Crippen LogP contribution in [0.2, 0.25) is 0 Å². The van der Waals surface area contributed by atoms with Gasteiger partial charge in [-0.25, -0.2) is 0 Å². The molecule has 0 aliphatic carbocycles. The zero-order valence-corrected chi connectivity index (χ0v) is 11.2. The van der Waals surface area contributed by atoms with Crippen molar-refractivity contribution in [1.82, 2.24) is 5.32 Å². The normalized spacial score (nSPS) is 13.8. The quantitative estimate of drug-likeness (QED) is 0.597. The van der Waals surface area contributed by atoms with E-state index in [9.17, 15) is 0 Å². The third kappa shape index (κ3) is 8.88. The molecule has 0 aliphatic rings. The van der Waals surface area contributed by atoms with E-state index < -0.39 is 0 Å². The molecular formula is C13H29NO. The van der Waals surface area contributed by atoms with Crippen LogP contribution in [0.3, 0.4) is 0 Å². The monoisotopic (exact) mass is 215 g/mol. The van der Waals surface area contributed by atoms with E-state index in [1.165, 1.54) is 6.42 Å². The van der Waals surface area contributed by atoms with Gasteiger partial charge in [0.2, 0.25) is 0 Å². The van der Waals surface area contributed by atoms with Gasteiger partial charge in [-0.2, -0.15) is 0 Å². The van der Waals surface area contributed by atoms with Crippen molar-refractivity contribution in [3.8, 4) is 0 Å². The lowest BCUT2D eigenvalue weighted by Crippen LogP contribution is -2.34. The summed E-state index contributed by atoms with van der Waals surface area (Å²) in [7, 11) is 0. The number of hydrogen-bond donors (Lipinski definition) is 1. The summed E-state index contributed by atoms with van der Waals surface area (Å²) in [5.74, 6) is 1.38. The summed E-state index contributed by atoms with van der Waals surface area (Å²) in [6.45, 7) is 14.0. The predicted molar refractivity (Wildman–Crippen MR) is 67.2 cm³/mol. The Labute approximate surface area is 95.8 Å². The second kappa shape index (κ2) is 9.17. The van der Waals surface area contributed by atoms with Crippen LogP contribution in [-0.4, -0.2) is 25.8 Å². The molecule has 0 spiro atoms. The molecule has 0 saturated heterocycles. The van der Waals surface area contributed by atoms with Crippen molar-refractivity contribution < 1.29 is 4.74 Å². The number of ether oxygens (including phenoxy) is 1. The van der Waals surface area contributed by atoms with Gasteiger partial charge in [0.25, 0.3) is 0 Å². The molecule has 0 amide bonds. The maximum Gasteiger partial charge on any atom is 0.0489 e. The van der Waals surface area contributed by atoms with Crippen LogP contribution in [-0.2, 0) is 4.74 Å².